The number of hydrogen-bond donors (Lipinski definition) is 0. The molecule has 1 aromatic heterocycles. The molecule has 0 unspecified atom stereocenters. The van der Waals surface area contributed by atoms with E-state index in [4.69, 9.17) is 0 Å². The summed E-state index contributed by atoms with van der Waals surface area (Å²) in [6, 6.07) is 7.17. The first-order valence-corrected chi connectivity index (χ1v) is 10.3. The molecule has 0 bridgehead atoms. The fraction of sp³-hybridized carbons (Fsp3) is 0.471. The third kappa shape index (κ3) is 4.07. The standard InChI is InChI=1S/C17H24BrN3O2S/c1-5-13(3)14-7-9-15(10-8-14)24(22,23)20(4)12-17-16(18)11-21(6-2)19-17/h7-11,13H,5-6,12H2,1-4H3/t13-/m0/s1. The molecule has 0 amide bonds. The maximum Gasteiger partial charge on any atom is 0.243 e. The van der Waals surface area contributed by atoms with Gasteiger partial charge in [0.2, 0.25) is 10.0 Å². The van der Waals surface area contributed by atoms with Crippen molar-refractivity contribution in [2.75, 3.05) is 7.05 Å². The average Bonchev–Trinajstić information content (AvgIpc) is 2.94. The summed E-state index contributed by atoms with van der Waals surface area (Å²) in [7, 11) is -1.96. The molecule has 24 heavy (non-hydrogen) atoms. The quantitative estimate of drug-likeness (QED) is 0.688. The van der Waals surface area contributed by atoms with E-state index in [-0.39, 0.29) is 6.54 Å². The number of aromatic nitrogens is 2. The Morgan fingerprint density at radius 3 is 2.38 bits per heavy atom. The third-order valence-corrected chi connectivity index (χ3v) is 6.73. The number of benzene rings is 1. The first-order valence-electron chi connectivity index (χ1n) is 8.07. The van der Waals surface area contributed by atoms with E-state index in [9.17, 15) is 8.42 Å². The van der Waals surface area contributed by atoms with Crippen molar-refractivity contribution in [1.82, 2.24) is 14.1 Å². The SMILES string of the molecule is CC[C@H](C)c1ccc(S(=O)(=O)N(C)Cc2nn(CC)cc2Br)cc1. The Kier molecular flexibility index (Phi) is 6.22. The maximum atomic E-state index is 12.8. The molecule has 2 rings (SSSR count). The van der Waals surface area contributed by atoms with E-state index >= 15 is 0 Å². The zero-order valence-corrected chi connectivity index (χ0v) is 16.9. The van der Waals surface area contributed by atoms with Crippen LogP contribution in [0.2, 0.25) is 0 Å². The van der Waals surface area contributed by atoms with Crippen LogP contribution in [-0.2, 0) is 23.1 Å². The normalized spacial score (nSPS) is 13.4. The molecule has 0 fully saturated rings. The number of hydrogen-bond acceptors (Lipinski definition) is 3. The highest BCUT2D eigenvalue weighted by molar-refractivity contribution is 9.10. The van der Waals surface area contributed by atoms with Crippen LogP contribution in [0.3, 0.4) is 0 Å². The van der Waals surface area contributed by atoms with Crippen molar-refractivity contribution in [3.05, 3.63) is 46.2 Å². The number of aryl methyl sites for hydroxylation is 1. The predicted octanol–water partition coefficient (Wildman–Crippen LogP) is 4.00. The minimum absolute atomic E-state index is 0.225. The summed E-state index contributed by atoms with van der Waals surface area (Å²) in [5.41, 5.74) is 1.86. The van der Waals surface area contributed by atoms with Gasteiger partial charge in [0.1, 0.15) is 0 Å². The molecule has 1 aromatic carbocycles. The molecule has 0 saturated heterocycles. The van der Waals surface area contributed by atoms with Gasteiger partial charge in [-0.25, -0.2) is 8.42 Å². The second-order valence-electron chi connectivity index (χ2n) is 5.92. The van der Waals surface area contributed by atoms with Crippen LogP contribution in [0.1, 0.15) is 44.4 Å². The molecule has 0 aliphatic carbocycles. The van der Waals surface area contributed by atoms with Crippen molar-refractivity contribution in [1.29, 1.82) is 0 Å². The first kappa shape index (κ1) is 19.1. The zero-order valence-electron chi connectivity index (χ0n) is 14.5. The molecule has 7 heteroatoms. The summed E-state index contributed by atoms with van der Waals surface area (Å²) in [5, 5.41) is 4.39. The Balaban J connectivity index is 2.20. The topological polar surface area (TPSA) is 55.2 Å². The Morgan fingerprint density at radius 2 is 1.88 bits per heavy atom. The van der Waals surface area contributed by atoms with Crippen molar-refractivity contribution in [2.45, 2.75) is 51.1 Å². The second kappa shape index (κ2) is 7.80. The lowest BCUT2D eigenvalue weighted by molar-refractivity contribution is 0.458. The molecule has 0 saturated carbocycles. The van der Waals surface area contributed by atoms with E-state index in [1.54, 1.807) is 23.9 Å². The van der Waals surface area contributed by atoms with Gasteiger partial charge >= 0.3 is 0 Å². The van der Waals surface area contributed by atoms with E-state index < -0.39 is 10.0 Å². The predicted molar refractivity (Wildman–Crippen MR) is 99.4 cm³/mol. The van der Waals surface area contributed by atoms with Crippen molar-refractivity contribution >= 4 is 26.0 Å². The molecule has 1 heterocycles. The van der Waals surface area contributed by atoms with Crippen LogP contribution in [0.15, 0.2) is 39.8 Å². The monoisotopic (exact) mass is 413 g/mol. The molecule has 0 spiro atoms. The molecular weight excluding hydrogens is 390 g/mol. The number of rotatable bonds is 7. The molecule has 0 radical (unpaired) electrons. The maximum absolute atomic E-state index is 12.8. The third-order valence-electron chi connectivity index (χ3n) is 4.25. The van der Waals surface area contributed by atoms with Gasteiger partial charge in [0.05, 0.1) is 21.6 Å². The van der Waals surface area contributed by atoms with Crippen molar-refractivity contribution in [3.8, 4) is 0 Å². The number of halogens is 1. The second-order valence-corrected chi connectivity index (χ2v) is 8.82. The Hall–Kier alpha value is -1.18. The molecule has 132 valence electrons. The van der Waals surface area contributed by atoms with Gasteiger partial charge in [-0.05, 0) is 52.9 Å². The van der Waals surface area contributed by atoms with Crippen LogP contribution in [-0.4, -0.2) is 29.6 Å². The Bertz CT molecular complexity index is 785. The van der Waals surface area contributed by atoms with E-state index in [1.807, 2.05) is 25.3 Å². The van der Waals surface area contributed by atoms with Gasteiger partial charge in [-0.1, -0.05) is 26.0 Å². The summed E-state index contributed by atoms with van der Waals surface area (Å²) >= 11 is 3.44. The van der Waals surface area contributed by atoms with E-state index in [1.165, 1.54) is 4.31 Å². The molecular formula is C17H24BrN3O2S. The number of sulfonamides is 1. The fourth-order valence-corrected chi connectivity index (χ4v) is 3.96. The largest absolute Gasteiger partial charge is 0.272 e. The van der Waals surface area contributed by atoms with Gasteiger partial charge in [0, 0.05) is 19.8 Å². The lowest BCUT2D eigenvalue weighted by Crippen LogP contribution is -2.27. The summed E-state index contributed by atoms with van der Waals surface area (Å²) in [5.74, 6) is 0.424. The minimum atomic E-state index is -3.54. The highest BCUT2D eigenvalue weighted by Gasteiger charge is 2.23. The lowest BCUT2D eigenvalue weighted by atomic mass is 9.99. The van der Waals surface area contributed by atoms with Gasteiger partial charge in [-0.2, -0.15) is 9.40 Å². The molecule has 5 nitrogen and oxygen atoms in total. The van der Waals surface area contributed by atoms with Gasteiger partial charge in [-0.3, -0.25) is 4.68 Å². The molecule has 0 aliphatic heterocycles. The van der Waals surface area contributed by atoms with Crippen LogP contribution >= 0.6 is 15.9 Å². The fourth-order valence-electron chi connectivity index (χ4n) is 2.39. The highest BCUT2D eigenvalue weighted by atomic mass is 79.9. The zero-order chi connectivity index (χ0) is 17.9. The summed E-state index contributed by atoms with van der Waals surface area (Å²) < 4.78 is 29.4. The summed E-state index contributed by atoms with van der Waals surface area (Å²) in [4.78, 5) is 0.308. The van der Waals surface area contributed by atoms with Crippen LogP contribution < -0.4 is 0 Å². The van der Waals surface area contributed by atoms with Crippen LogP contribution in [0.5, 0.6) is 0 Å². The Morgan fingerprint density at radius 1 is 1.25 bits per heavy atom. The van der Waals surface area contributed by atoms with E-state index in [0.717, 1.165) is 23.0 Å². The highest BCUT2D eigenvalue weighted by Crippen LogP contribution is 2.24. The van der Waals surface area contributed by atoms with E-state index in [0.29, 0.717) is 16.5 Å². The average molecular weight is 414 g/mol. The molecule has 1 atom stereocenters. The van der Waals surface area contributed by atoms with Crippen molar-refractivity contribution < 1.29 is 8.42 Å². The summed E-state index contributed by atoms with van der Waals surface area (Å²) in [6.07, 6.45) is 2.89. The molecule has 0 aliphatic rings. The first-order chi connectivity index (χ1) is 11.3. The van der Waals surface area contributed by atoms with Crippen LogP contribution in [0.25, 0.3) is 0 Å². The summed E-state index contributed by atoms with van der Waals surface area (Å²) in [6.45, 7) is 7.21. The lowest BCUT2D eigenvalue weighted by Gasteiger charge is -2.17. The van der Waals surface area contributed by atoms with Gasteiger partial charge in [0.15, 0.2) is 0 Å². The van der Waals surface area contributed by atoms with Crippen molar-refractivity contribution in [3.63, 3.8) is 0 Å². The van der Waals surface area contributed by atoms with Gasteiger partial charge in [0.25, 0.3) is 0 Å². The smallest absolute Gasteiger partial charge is 0.243 e. The molecule has 2 aromatic rings. The Labute approximate surface area is 152 Å². The molecule has 0 N–H and O–H groups in total. The van der Waals surface area contributed by atoms with E-state index in [2.05, 4.69) is 34.9 Å². The van der Waals surface area contributed by atoms with Crippen LogP contribution in [0, 0.1) is 0 Å². The van der Waals surface area contributed by atoms with Crippen LogP contribution in [0.4, 0.5) is 0 Å². The van der Waals surface area contributed by atoms with Gasteiger partial charge < -0.3 is 0 Å². The number of nitrogens with zero attached hydrogens (tertiary/aromatic N) is 3. The minimum Gasteiger partial charge on any atom is -0.272 e. The van der Waals surface area contributed by atoms with Crippen molar-refractivity contribution in [2.24, 2.45) is 0 Å². The van der Waals surface area contributed by atoms with Gasteiger partial charge in [-0.15, -0.1) is 0 Å².